The van der Waals surface area contributed by atoms with E-state index in [1.807, 2.05) is 0 Å². The van der Waals surface area contributed by atoms with Gasteiger partial charge in [0.1, 0.15) is 5.75 Å². The summed E-state index contributed by atoms with van der Waals surface area (Å²) in [5, 5.41) is 10.4. The number of carbonyl (C=O) groups excluding carboxylic acids is 1. The van der Waals surface area contributed by atoms with E-state index in [0.717, 1.165) is 24.2 Å². The number of carbonyl (C=O) groups is 1. The van der Waals surface area contributed by atoms with E-state index in [0.29, 0.717) is 12.4 Å². The lowest BCUT2D eigenvalue weighted by Gasteiger charge is -2.00. The number of benzene rings is 1. The highest BCUT2D eigenvalue weighted by Gasteiger charge is 2.15. The second kappa shape index (κ2) is 6.70. The van der Waals surface area contributed by atoms with E-state index >= 15 is 0 Å². The molecule has 0 bridgehead atoms. The Kier molecular flexibility index (Phi) is 4.70. The van der Waals surface area contributed by atoms with Gasteiger partial charge in [-0.05, 0) is 30.7 Å². The molecule has 0 fully saturated rings. The molecule has 1 heterocycles. The molecule has 0 saturated heterocycles. The van der Waals surface area contributed by atoms with Crippen LogP contribution in [0.2, 0.25) is 0 Å². The monoisotopic (exact) mass is 275 g/mol. The summed E-state index contributed by atoms with van der Waals surface area (Å²) in [4.78, 5) is 11.7. The zero-order valence-corrected chi connectivity index (χ0v) is 11.5. The third kappa shape index (κ3) is 3.34. The molecular weight excluding hydrogens is 258 g/mol. The van der Waals surface area contributed by atoms with Crippen LogP contribution in [0.15, 0.2) is 28.7 Å². The number of nitrogens with one attached hydrogen (secondary N) is 1. The Morgan fingerprint density at radius 1 is 1.30 bits per heavy atom. The molecule has 1 aromatic carbocycles. The van der Waals surface area contributed by atoms with Crippen molar-refractivity contribution >= 4 is 5.91 Å². The molecule has 6 nitrogen and oxygen atoms in total. The van der Waals surface area contributed by atoms with Crippen LogP contribution in [0, 0.1) is 0 Å². The van der Waals surface area contributed by atoms with Gasteiger partial charge in [0, 0.05) is 12.1 Å². The van der Waals surface area contributed by atoms with E-state index in [1.54, 1.807) is 31.4 Å². The van der Waals surface area contributed by atoms with E-state index in [1.165, 1.54) is 0 Å². The Bertz CT molecular complexity index is 563. The van der Waals surface area contributed by atoms with Gasteiger partial charge in [-0.1, -0.05) is 13.3 Å². The Labute approximate surface area is 117 Å². The summed E-state index contributed by atoms with van der Waals surface area (Å²) in [6.45, 7) is 2.66. The minimum Gasteiger partial charge on any atom is -0.497 e. The predicted octanol–water partition coefficient (Wildman–Crippen LogP) is 2.28. The van der Waals surface area contributed by atoms with Crippen molar-refractivity contribution in [3.63, 3.8) is 0 Å². The maximum absolute atomic E-state index is 11.7. The lowest BCUT2D eigenvalue weighted by molar-refractivity contribution is 0.0919. The molecule has 106 valence electrons. The van der Waals surface area contributed by atoms with Crippen LogP contribution in [-0.2, 0) is 0 Å². The second-order valence-corrected chi connectivity index (χ2v) is 4.25. The zero-order chi connectivity index (χ0) is 14.4. The second-order valence-electron chi connectivity index (χ2n) is 4.25. The van der Waals surface area contributed by atoms with Crippen LogP contribution in [0.3, 0.4) is 0 Å². The highest BCUT2D eigenvalue weighted by Crippen LogP contribution is 2.20. The number of nitrogens with zero attached hydrogens (tertiary/aromatic N) is 2. The fourth-order valence-corrected chi connectivity index (χ4v) is 1.62. The van der Waals surface area contributed by atoms with Gasteiger partial charge in [0.05, 0.1) is 7.11 Å². The van der Waals surface area contributed by atoms with Crippen molar-refractivity contribution in [2.24, 2.45) is 0 Å². The predicted molar refractivity (Wildman–Crippen MR) is 73.5 cm³/mol. The van der Waals surface area contributed by atoms with Gasteiger partial charge in [-0.2, -0.15) is 0 Å². The van der Waals surface area contributed by atoms with Crippen molar-refractivity contribution in [1.29, 1.82) is 0 Å². The van der Waals surface area contributed by atoms with Crippen LogP contribution in [-0.4, -0.2) is 29.8 Å². The fraction of sp³-hybridized carbons (Fsp3) is 0.357. The molecule has 1 amide bonds. The molecule has 0 aliphatic heterocycles. The Hall–Kier alpha value is -2.37. The van der Waals surface area contributed by atoms with Gasteiger partial charge in [-0.25, -0.2) is 0 Å². The SMILES string of the molecule is CCCCNC(=O)c1nnc(-c2ccc(OC)cc2)o1. The van der Waals surface area contributed by atoms with Crippen LogP contribution >= 0.6 is 0 Å². The molecule has 0 saturated carbocycles. The van der Waals surface area contributed by atoms with Gasteiger partial charge >= 0.3 is 11.8 Å². The number of aromatic nitrogens is 2. The number of ether oxygens (including phenoxy) is 1. The van der Waals surface area contributed by atoms with Crippen LogP contribution in [0.5, 0.6) is 5.75 Å². The highest BCUT2D eigenvalue weighted by atomic mass is 16.5. The molecule has 2 rings (SSSR count). The first-order valence-corrected chi connectivity index (χ1v) is 6.50. The lowest BCUT2D eigenvalue weighted by atomic mass is 10.2. The largest absolute Gasteiger partial charge is 0.497 e. The summed E-state index contributed by atoms with van der Waals surface area (Å²) in [6, 6.07) is 7.18. The molecule has 0 atom stereocenters. The normalized spacial score (nSPS) is 10.3. The number of hydrogen-bond acceptors (Lipinski definition) is 5. The molecule has 1 N–H and O–H groups in total. The molecule has 0 aliphatic carbocycles. The van der Waals surface area contributed by atoms with Crippen LogP contribution < -0.4 is 10.1 Å². The van der Waals surface area contributed by atoms with Crippen LogP contribution in [0.1, 0.15) is 30.5 Å². The van der Waals surface area contributed by atoms with Gasteiger partial charge in [0.2, 0.25) is 5.89 Å². The fourth-order valence-electron chi connectivity index (χ4n) is 1.62. The van der Waals surface area contributed by atoms with Crippen molar-refractivity contribution in [3.8, 4) is 17.2 Å². The number of hydrogen-bond donors (Lipinski definition) is 1. The molecule has 0 radical (unpaired) electrons. The van der Waals surface area contributed by atoms with E-state index in [-0.39, 0.29) is 11.8 Å². The topological polar surface area (TPSA) is 77.2 Å². The van der Waals surface area contributed by atoms with Crippen LogP contribution in [0.25, 0.3) is 11.5 Å². The third-order valence-corrected chi connectivity index (χ3v) is 2.77. The molecule has 20 heavy (non-hydrogen) atoms. The van der Waals surface area contributed by atoms with Gasteiger partial charge in [0.15, 0.2) is 0 Å². The zero-order valence-electron chi connectivity index (χ0n) is 11.5. The molecule has 2 aromatic rings. The van der Waals surface area contributed by atoms with Crippen molar-refractivity contribution in [3.05, 3.63) is 30.2 Å². The van der Waals surface area contributed by atoms with Crippen LogP contribution in [0.4, 0.5) is 0 Å². The first-order chi connectivity index (χ1) is 9.74. The Balaban J connectivity index is 2.05. The minimum absolute atomic E-state index is 0.0214. The summed E-state index contributed by atoms with van der Waals surface area (Å²) < 4.78 is 10.4. The first kappa shape index (κ1) is 14.0. The molecule has 1 aromatic heterocycles. The molecule has 0 aliphatic rings. The molecule has 6 heteroatoms. The van der Waals surface area contributed by atoms with E-state index in [2.05, 4.69) is 22.4 Å². The summed E-state index contributed by atoms with van der Waals surface area (Å²) in [5.41, 5.74) is 0.742. The summed E-state index contributed by atoms with van der Waals surface area (Å²) in [5.74, 6) is 0.691. The minimum atomic E-state index is -0.342. The van der Waals surface area contributed by atoms with Gasteiger partial charge in [-0.3, -0.25) is 4.79 Å². The van der Waals surface area contributed by atoms with E-state index in [9.17, 15) is 4.79 Å². The molecule has 0 unspecified atom stereocenters. The van der Waals surface area contributed by atoms with Crippen molar-refractivity contribution < 1.29 is 13.9 Å². The number of amides is 1. The van der Waals surface area contributed by atoms with Crippen molar-refractivity contribution in [2.45, 2.75) is 19.8 Å². The number of rotatable bonds is 6. The summed E-state index contributed by atoms with van der Waals surface area (Å²) in [7, 11) is 1.60. The van der Waals surface area contributed by atoms with Crippen molar-refractivity contribution in [2.75, 3.05) is 13.7 Å². The summed E-state index contributed by atoms with van der Waals surface area (Å²) >= 11 is 0. The number of unbranched alkanes of at least 4 members (excludes halogenated alkanes) is 1. The molecule has 0 spiro atoms. The van der Waals surface area contributed by atoms with Crippen molar-refractivity contribution in [1.82, 2.24) is 15.5 Å². The van der Waals surface area contributed by atoms with E-state index < -0.39 is 0 Å². The maximum atomic E-state index is 11.7. The third-order valence-electron chi connectivity index (χ3n) is 2.77. The maximum Gasteiger partial charge on any atom is 0.308 e. The quantitative estimate of drug-likeness (QED) is 0.818. The lowest BCUT2D eigenvalue weighted by Crippen LogP contribution is -2.24. The van der Waals surface area contributed by atoms with E-state index in [4.69, 9.17) is 9.15 Å². The average Bonchev–Trinajstić information content (AvgIpc) is 2.97. The average molecular weight is 275 g/mol. The standard InChI is InChI=1S/C14H17N3O3/c1-3-4-9-15-12(18)14-17-16-13(20-14)10-5-7-11(19-2)8-6-10/h5-8H,3-4,9H2,1-2H3,(H,15,18). The number of methoxy groups -OCH3 is 1. The first-order valence-electron chi connectivity index (χ1n) is 6.50. The smallest absolute Gasteiger partial charge is 0.308 e. The van der Waals surface area contributed by atoms with Gasteiger partial charge in [0.25, 0.3) is 0 Å². The Morgan fingerprint density at radius 2 is 2.05 bits per heavy atom. The van der Waals surface area contributed by atoms with Gasteiger partial charge < -0.3 is 14.5 Å². The van der Waals surface area contributed by atoms with Gasteiger partial charge in [-0.15, -0.1) is 10.2 Å². The highest BCUT2D eigenvalue weighted by molar-refractivity contribution is 5.89. The molecular formula is C14H17N3O3. The Morgan fingerprint density at radius 3 is 2.70 bits per heavy atom. The summed E-state index contributed by atoms with van der Waals surface area (Å²) in [6.07, 6.45) is 1.94.